The molecule has 1 aliphatic heterocycles. The lowest BCUT2D eigenvalue weighted by Crippen LogP contribution is -2.48. The molecule has 4 amide bonds. The Bertz CT molecular complexity index is 892. The molecule has 1 saturated heterocycles. The summed E-state index contributed by atoms with van der Waals surface area (Å²) < 4.78 is 0. The maximum atomic E-state index is 12.7. The molecule has 8 heteroatoms. The van der Waals surface area contributed by atoms with E-state index in [0.717, 1.165) is 45.9 Å². The van der Waals surface area contributed by atoms with Gasteiger partial charge in [-0.2, -0.15) is 0 Å². The summed E-state index contributed by atoms with van der Waals surface area (Å²) in [6.07, 6.45) is 3.91. The largest absolute Gasteiger partial charge is 0.335 e. The Morgan fingerprint density at radius 1 is 1.00 bits per heavy atom. The second-order valence-electron chi connectivity index (χ2n) is 7.12. The van der Waals surface area contributed by atoms with Gasteiger partial charge in [-0.05, 0) is 42.0 Å². The number of halogens is 1. The summed E-state index contributed by atoms with van der Waals surface area (Å²) in [7, 11) is 0. The molecule has 146 valence electrons. The van der Waals surface area contributed by atoms with Crippen LogP contribution in [0.1, 0.15) is 36.1 Å². The van der Waals surface area contributed by atoms with Gasteiger partial charge in [-0.3, -0.25) is 19.8 Å². The summed E-state index contributed by atoms with van der Waals surface area (Å²) in [5.41, 5.74) is 0.755. The number of carbonyl (C=O) groups is 3. The minimum absolute atomic E-state index is 0.00692. The van der Waals surface area contributed by atoms with Crippen molar-refractivity contribution >= 4 is 40.8 Å². The molecule has 28 heavy (non-hydrogen) atoms. The molecule has 0 bridgehead atoms. The number of rotatable bonds is 6. The van der Waals surface area contributed by atoms with Gasteiger partial charge in [0, 0.05) is 15.4 Å². The third-order valence-corrected chi connectivity index (χ3v) is 6.57. The number of imide groups is 2. The maximum Gasteiger partial charge on any atom is 0.335 e. The van der Waals surface area contributed by atoms with Crippen LogP contribution in [-0.4, -0.2) is 34.3 Å². The van der Waals surface area contributed by atoms with Gasteiger partial charge in [-0.25, -0.2) is 9.69 Å². The molecule has 2 aromatic rings. The lowest BCUT2D eigenvalue weighted by molar-refractivity contribution is -0.143. The van der Waals surface area contributed by atoms with Crippen molar-refractivity contribution in [2.45, 2.75) is 37.8 Å². The zero-order chi connectivity index (χ0) is 19.7. The minimum Gasteiger partial charge on any atom is -0.290 e. The number of nitrogens with one attached hydrogen (secondary N) is 1. The summed E-state index contributed by atoms with van der Waals surface area (Å²) in [5.74, 6) is -1.55. The Morgan fingerprint density at radius 2 is 1.68 bits per heavy atom. The predicted octanol–water partition coefficient (Wildman–Crippen LogP) is 3.71. The quantitative estimate of drug-likeness (QED) is 0.574. The Balaban J connectivity index is 1.50. The van der Waals surface area contributed by atoms with Crippen LogP contribution < -0.4 is 5.32 Å². The zero-order valence-electron chi connectivity index (χ0n) is 15.2. The molecule has 6 nitrogen and oxygen atoms in total. The van der Waals surface area contributed by atoms with Gasteiger partial charge in [-0.1, -0.05) is 42.6 Å². The number of carbonyl (C=O) groups excluding carboxylic acids is 3. The van der Waals surface area contributed by atoms with Crippen molar-refractivity contribution in [2.24, 2.45) is 0 Å². The smallest absolute Gasteiger partial charge is 0.290 e. The SMILES string of the molecule is O=C1C(=O)N(Cc2cccs2)C(=O)N1CNC1(c2ccc(Cl)cc2)CCCC1. The third-order valence-electron chi connectivity index (χ3n) is 5.46. The van der Waals surface area contributed by atoms with E-state index in [1.54, 1.807) is 0 Å². The van der Waals surface area contributed by atoms with Gasteiger partial charge in [0.1, 0.15) is 0 Å². The van der Waals surface area contributed by atoms with Crippen molar-refractivity contribution in [3.05, 3.63) is 57.2 Å². The van der Waals surface area contributed by atoms with Gasteiger partial charge in [0.05, 0.1) is 13.2 Å². The van der Waals surface area contributed by atoms with Crippen LogP contribution >= 0.6 is 22.9 Å². The summed E-state index contributed by atoms with van der Waals surface area (Å²) in [4.78, 5) is 40.3. The van der Waals surface area contributed by atoms with E-state index in [1.165, 1.54) is 11.3 Å². The number of hydrogen-bond donors (Lipinski definition) is 1. The Hall–Kier alpha value is -2.22. The Labute approximate surface area is 172 Å². The summed E-state index contributed by atoms with van der Waals surface area (Å²) in [5, 5.41) is 5.93. The average molecular weight is 418 g/mol. The van der Waals surface area contributed by atoms with Crippen LogP contribution in [0.4, 0.5) is 4.79 Å². The fraction of sp³-hybridized carbons (Fsp3) is 0.350. The second-order valence-corrected chi connectivity index (χ2v) is 8.59. The summed E-state index contributed by atoms with van der Waals surface area (Å²) in [6.45, 7) is 0.132. The molecule has 0 unspecified atom stereocenters. The first kappa shape index (κ1) is 19.1. The highest BCUT2D eigenvalue weighted by molar-refractivity contribution is 7.09. The molecular formula is C20H20ClN3O3S. The number of amides is 4. The molecule has 0 radical (unpaired) electrons. The van der Waals surface area contributed by atoms with E-state index in [2.05, 4.69) is 5.32 Å². The van der Waals surface area contributed by atoms with Gasteiger partial charge in [0.2, 0.25) is 0 Å². The van der Waals surface area contributed by atoms with Crippen LogP contribution in [0, 0.1) is 0 Å². The van der Waals surface area contributed by atoms with E-state index >= 15 is 0 Å². The van der Waals surface area contributed by atoms with Gasteiger partial charge < -0.3 is 0 Å². The lowest BCUT2D eigenvalue weighted by Gasteiger charge is -2.32. The Kier molecular flexibility index (Phi) is 5.23. The first-order chi connectivity index (χ1) is 13.5. The van der Waals surface area contributed by atoms with E-state index < -0.39 is 17.8 Å². The standard InChI is InChI=1S/C20H20ClN3O3S/c21-15-7-5-14(6-8-15)20(9-1-2-10-20)22-13-24-18(26)17(25)23(19(24)27)12-16-4-3-11-28-16/h3-8,11,22H,1-2,9-10,12-13H2. The van der Waals surface area contributed by atoms with Crippen LogP contribution in [0.5, 0.6) is 0 Å². The van der Waals surface area contributed by atoms with Crippen molar-refractivity contribution in [2.75, 3.05) is 6.67 Å². The highest BCUT2D eigenvalue weighted by atomic mass is 35.5. The van der Waals surface area contributed by atoms with Gasteiger partial charge >= 0.3 is 17.8 Å². The van der Waals surface area contributed by atoms with Crippen LogP contribution in [0.25, 0.3) is 0 Å². The fourth-order valence-corrected chi connectivity index (χ4v) is 4.75. The van der Waals surface area contributed by atoms with E-state index in [-0.39, 0.29) is 18.8 Å². The topological polar surface area (TPSA) is 69.7 Å². The lowest BCUT2D eigenvalue weighted by atomic mass is 9.88. The van der Waals surface area contributed by atoms with Crippen molar-refractivity contribution in [1.82, 2.24) is 15.1 Å². The normalized spacial score (nSPS) is 19.1. The van der Waals surface area contributed by atoms with Crippen molar-refractivity contribution < 1.29 is 14.4 Å². The molecule has 1 aromatic heterocycles. The zero-order valence-corrected chi connectivity index (χ0v) is 16.8. The molecule has 1 aliphatic carbocycles. The van der Waals surface area contributed by atoms with Crippen molar-refractivity contribution in [1.29, 1.82) is 0 Å². The molecule has 2 aliphatic rings. The van der Waals surface area contributed by atoms with Crippen molar-refractivity contribution in [3.63, 3.8) is 0 Å². The van der Waals surface area contributed by atoms with Gasteiger partial charge in [-0.15, -0.1) is 11.3 Å². The number of benzene rings is 1. The van der Waals surface area contributed by atoms with E-state index in [9.17, 15) is 14.4 Å². The Morgan fingerprint density at radius 3 is 2.32 bits per heavy atom. The number of urea groups is 1. The molecule has 2 heterocycles. The summed E-state index contributed by atoms with van der Waals surface area (Å²) in [6, 6.07) is 10.8. The number of hydrogen-bond acceptors (Lipinski definition) is 5. The van der Waals surface area contributed by atoms with Crippen molar-refractivity contribution in [3.8, 4) is 0 Å². The van der Waals surface area contributed by atoms with E-state index in [0.29, 0.717) is 5.02 Å². The van der Waals surface area contributed by atoms with E-state index in [1.807, 2.05) is 41.8 Å². The number of thiophene rings is 1. The molecule has 0 spiro atoms. The van der Waals surface area contributed by atoms with Crippen LogP contribution in [-0.2, 0) is 21.7 Å². The second kappa shape index (κ2) is 7.66. The molecule has 0 atom stereocenters. The van der Waals surface area contributed by atoms with Crippen LogP contribution in [0.2, 0.25) is 5.02 Å². The number of nitrogens with zero attached hydrogens (tertiary/aromatic N) is 2. The van der Waals surface area contributed by atoms with Gasteiger partial charge in [0.25, 0.3) is 0 Å². The fourth-order valence-electron chi connectivity index (χ4n) is 3.93. The summed E-state index contributed by atoms with van der Waals surface area (Å²) >= 11 is 7.46. The molecule has 4 rings (SSSR count). The molecule has 1 saturated carbocycles. The molecule has 1 N–H and O–H groups in total. The predicted molar refractivity (Wildman–Crippen MR) is 107 cm³/mol. The first-order valence-electron chi connectivity index (χ1n) is 9.21. The third kappa shape index (κ3) is 3.45. The monoisotopic (exact) mass is 417 g/mol. The minimum atomic E-state index is -0.779. The maximum absolute atomic E-state index is 12.7. The first-order valence-corrected chi connectivity index (χ1v) is 10.5. The van der Waals surface area contributed by atoms with Crippen LogP contribution in [0.3, 0.4) is 0 Å². The highest BCUT2D eigenvalue weighted by Crippen LogP contribution is 2.39. The molecule has 2 fully saturated rings. The average Bonchev–Trinajstić information content (AvgIpc) is 3.41. The van der Waals surface area contributed by atoms with E-state index in [4.69, 9.17) is 11.6 Å². The van der Waals surface area contributed by atoms with Crippen LogP contribution in [0.15, 0.2) is 41.8 Å². The molecule has 1 aromatic carbocycles. The van der Waals surface area contributed by atoms with Gasteiger partial charge in [0.15, 0.2) is 0 Å². The molecular weight excluding hydrogens is 398 g/mol. The highest BCUT2D eigenvalue weighted by Gasteiger charge is 2.45.